The van der Waals surface area contributed by atoms with Crippen LogP contribution in [0.2, 0.25) is 0 Å². The second-order valence-corrected chi connectivity index (χ2v) is 7.90. The van der Waals surface area contributed by atoms with E-state index in [1.807, 2.05) is 23.1 Å². The molecule has 2 fully saturated rings. The smallest absolute Gasteiger partial charge is 0.253 e. The van der Waals surface area contributed by atoms with E-state index in [0.717, 1.165) is 38.0 Å². The summed E-state index contributed by atoms with van der Waals surface area (Å²) in [4.78, 5) is 18.9. The van der Waals surface area contributed by atoms with Gasteiger partial charge in [-0.3, -0.25) is 9.78 Å². The number of hydrogen-bond acceptors (Lipinski definition) is 5. The molecule has 4 rings (SSSR count). The van der Waals surface area contributed by atoms with Crippen molar-refractivity contribution < 1.29 is 19.4 Å². The van der Waals surface area contributed by atoms with Crippen molar-refractivity contribution in [2.45, 2.75) is 37.9 Å². The summed E-state index contributed by atoms with van der Waals surface area (Å²) in [6.45, 7) is 3.37. The van der Waals surface area contributed by atoms with Crippen LogP contribution in [0.15, 0.2) is 48.7 Å². The van der Waals surface area contributed by atoms with Crippen LogP contribution in [0.1, 0.15) is 41.7 Å². The van der Waals surface area contributed by atoms with Crippen LogP contribution in [0.3, 0.4) is 0 Å². The normalized spacial score (nSPS) is 20.8. The minimum absolute atomic E-state index is 0.0241. The fourth-order valence-electron chi connectivity index (χ4n) is 4.54. The summed E-state index contributed by atoms with van der Waals surface area (Å²) < 4.78 is 12.1. The molecule has 3 heterocycles. The molecule has 0 unspecified atom stereocenters. The molecule has 0 bridgehead atoms. The highest BCUT2D eigenvalue weighted by atomic mass is 16.5. The zero-order valence-corrected chi connectivity index (χ0v) is 16.6. The van der Waals surface area contributed by atoms with Gasteiger partial charge in [-0.25, -0.2) is 0 Å². The summed E-state index contributed by atoms with van der Waals surface area (Å²) in [5, 5.41) is 9.63. The van der Waals surface area contributed by atoms with E-state index in [0.29, 0.717) is 37.8 Å². The van der Waals surface area contributed by atoms with Gasteiger partial charge in [-0.1, -0.05) is 12.1 Å². The Morgan fingerprint density at radius 2 is 2.10 bits per heavy atom. The van der Waals surface area contributed by atoms with E-state index in [2.05, 4.69) is 4.98 Å². The topological polar surface area (TPSA) is 71.9 Å². The van der Waals surface area contributed by atoms with Crippen LogP contribution < -0.4 is 0 Å². The van der Waals surface area contributed by atoms with Gasteiger partial charge in [-0.2, -0.15) is 0 Å². The highest BCUT2D eigenvalue weighted by Crippen LogP contribution is 2.42. The molecule has 1 spiro atoms. The summed E-state index contributed by atoms with van der Waals surface area (Å²) in [5.41, 5.74) is 1.35. The Bertz CT molecular complexity index is 819. The summed E-state index contributed by atoms with van der Waals surface area (Å²) >= 11 is 0. The Morgan fingerprint density at radius 3 is 2.86 bits per heavy atom. The maximum Gasteiger partial charge on any atom is 0.253 e. The fraction of sp³-hybridized carbons (Fsp3) is 0.478. The molecule has 6 heteroatoms. The van der Waals surface area contributed by atoms with Crippen LogP contribution in [0.5, 0.6) is 5.75 Å². The molecular weight excluding hydrogens is 368 g/mol. The number of aromatic nitrogens is 1. The van der Waals surface area contributed by atoms with E-state index in [-0.39, 0.29) is 17.3 Å². The van der Waals surface area contributed by atoms with Crippen LogP contribution >= 0.6 is 0 Å². The van der Waals surface area contributed by atoms with Gasteiger partial charge in [0.05, 0.1) is 17.9 Å². The van der Waals surface area contributed by atoms with Crippen molar-refractivity contribution in [3.63, 3.8) is 0 Å². The zero-order valence-electron chi connectivity index (χ0n) is 16.6. The molecule has 2 aromatic rings. The average molecular weight is 396 g/mol. The van der Waals surface area contributed by atoms with E-state index >= 15 is 0 Å². The second-order valence-electron chi connectivity index (χ2n) is 7.90. The van der Waals surface area contributed by atoms with E-state index in [9.17, 15) is 9.90 Å². The molecule has 1 atom stereocenters. The van der Waals surface area contributed by atoms with Crippen LogP contribution in [0.4, 0.5) is 0 Å². The number of pyridine rings is 1. The standard InChI is InChI=1S/C23H28N2O4/c26-21-6-3-4-18(16-21)22(27)25-12-9-23(10-13-25)19(8-15-29-23)7-14-28-17-20-5-1-2-11-24-20/h1-6,11,16,19,26H,7-10,12-15,17H2/t19-/m0/s1. The van der Waals surface area contributed by atoms with Gasteiger partial charge in [-0.15, -0.1) is 0 Å². The number of carbonyl (C=O) groups is 1. The van der Waals surface area contributed by atoms with Crippen molar-refractivity contribution in [3.8, 4) is 5.75 Å². The minimum atomic E-state index is -0.135. The summed E-state index contributed by atoms with van der Waals surface area (Å²) in [6, 6.07) is 12.4. The third kappa shape index (κ3) is 4.60. The number of ether oxygens (including phenoxy) is 2. The second kappa shape index (κ2) is 8.93. The maximum atomic E-state index is 12.7. The van der Waals surface area contributed by atoms with Gasteiger partial charge in [-0.05, 0) is 61.9 Å². The zero-order chi connectivity index (χ0) is 20.1. The largest absolute Gasteiger partial charge is 0.508 e. The van der Waals surface area contributed by atoms with E-state index in [4.69, 9.17) is 9.47 Å². The summed E-state index contributed by atoms with van der Waals surface area (Å²) in [5.74, 6) is 0.558. The molecule has 1 N–H and O–H groups in total. The molecule has 6 nitrogen and oxygen atoms in total. The molecule has 0 radical (unpaired) electrons. The van der Waals surface area contributed by atoms with Crippen LogP contribution in [-0.4, -0.2) is 52.8 Å². The number of carbonyl (C=O) groups excluding carboxylic acids is 1. The van der Waals surface area contributed by atoms with Crippen molar-refractivity contribution in [3.05, 3.63) is 59.9 Å². The molecule has 0 aliphatic carbocycles. The number of hydrogen-bond donors (Lipinski definition) is 1. The van der Waals surface area contributed by atoms with Crippen molar-refractivity contribution >= 4 is 5.91 Å². The third-order valence-corrected chi connectivity index (χ3v) is 6.18. The van der Waals surface area contributed by atoms with Crippen LogP contribution in [0, 0.1) is 5.92 Å². The Hall–Kier alpha value is -2.44. The number of amides is 1. The molecular formula is C23H28N2O4. The van der Waals surface area contributed by atoms with E-state index in [1.54, 1.807) is 24.4 Å². The van der Waals surface area contributed by atoms with Crippen molar-refractivity contribution in [2.24, 2.45) is 5.92 Å². The number of aromatic hydroxyl groups is 1. The number of likely N-dealkylation sites (tertiary alicyclic amines) is 1. The Morgan fingerprint density at radius 1 is 1.24 bits per heavy atom. The predicted molar refractivity (Wildman–Crippen MR) is 109 cm³/mol. The molecule has 154 valence electrons. The third-order valence-electron chi connectivity index (χ3n) is 6.18. The molecule has 2 aliphatic heterocycles. The van der Waals surface area contributed by atoms with Crippen molar-refractivity contribution in [2.75, 3.05) is 26.3 Å². The Kier molecular flexibility index (Phi) is 6.11. The van der Waals surface area contributed by atoms with E-state index in [1.165, 1.54) is 6.07 Å². The first kappa shape index (κ1) is 19.9. The number of benzene rings is 1. The Labute approximate surface area is 171 Å². The molecule has 29 heavy (non-hydrogen) atoms. The quantitative estimate of drug-likeness (QED) is 0.758. The summed E-state index contributed by atoms with van der Waals surface area (Å²) in [7, 11) is 0. The molecule has 2 aliphatic rings. The van der Waals surface area contributed by atoms with Gasteiger partial charge in [0.1, 0.15) is 5.75 Å². The first-order valence-electron chi connectivity index (χ1n) is 10.4. The molecule has 2 saturated heterocycles. The maximum absolute atomic E-state index is 12.7. The predicted octanol–water partition coefficient (Wildman–Crippen LogP) is 3.41. The average Bonchev–Trinajstić information content (AvgIpc) is 3.14. The Balaban J connectivity index is 1.28. The van der Waals surface area contributed by atoms with Gasteiger partial charge in [0.25, 0.3) is 5.91 Å². The van der Waals surface area contributed by atoms with Gasteiger partial charge < -0.3 is 19.5 Å². The van der Waals surface area contributed by atoms with Crippen molar-refractivity contribution in [1.82, 2.24) is 9.88 Å². The first-order chi connectivity index (χ1) is 14.2. The molecule has 1 aromatic carbocycles. The number of nitrogens with zero attached hydrogens (tertiary/aromatic N) is 2. The van der Waals surface area contributed by atoms with Crippen molar-refractivity contribution in [1.29, 1.82) is 0 Å². The lowest BCUT2D eigenvalue weighted by Crippen LogP contribution is -2.49. The van der Waals surface area contributed by atoms with Gasteiger partial charge in [0, 0.05) is 38.1 Å². The molecule has 0 saturated carbocycles. The lowest BCUT2D eigenvalue weighted by Gasteiger charge is -2.42. The number of piperidine rings is 1. The lowest BCUT2D eigenvalue weighted by atomic mass is 9.78. The number of rotatable bonds is 6. The SMILES string of the molecule is O=C(c1cccc(O)c1)N1CCC2(CC1)OCC[C@@H]2CCOCc1ccccn1. The summed E-state index contributed by atoms with van der Waals surface area (Å²) in [6.07, 6.45) is 5.50. The first-order valence-corrected chi connectivity index (χ1v) is 10.4. The van der Waals surface area contributed by atoms with Gasteiger partial charge >= 0.3 is 0 Å². The highest BCUT2D eigenvalue weighted by molar-refractivity contribution is 5.94. The van der Waals surface area contributed by atoms with Crippen LogP contribution in [0.25, 0.3) is 0 Å². The minimum Gasteiger partial charge on any atom is -0.508 e. The van der Waals surface area contributed by atoms with E-state index < -0.39 is 0 Å². The van der Waals surface area contributed by atoms with Crippen LogP contribution in [-0.2, 0) is 16.1 Å². The molecule has 1 aromatic heterocycles. The molecule has 1 amide bonds. The monoisotopic (exact) mass is 396 g/mol. The van der Waals surface area contributed by atoms with Gasteiger partial charge in [0.15, 0.2) is 0 Å². The highest BCUT2D eigenvalue weighted by Gasteiger charge is 2.46. The van der Waals surface area contributed by atoms with Gasteiger partial charge in [0.2, 0.25) is 0 Å². The fourth-order valence-corrected chi connectivity index (χ4v) is 4.54. The lowest BCUT2D eigenvalue weighted by molar-refractivity contribution is -0.0675. The number of phenols is 1. The number of phenolic OH excluding ortho intramolecular Hbond substituents is 1.